The summed E-state index contributed by atoms with van der Waals surface area (Å²) in [5.74, 6) is -0.0239. The van der Waals surface area contributed by atoms with E-state index in [1.165, 1.54) is 5.56 Å². The molecule has 2 rings (SSSR count). The first-order valence-electron chi connectivity index (χ1n) is 5.90. The van der Waals surface area contributed by atoms with Crippen LogP contribution in [0.15, 0.2) is 18.3 Å². The van der Waals surface area contributed by atoms with Gasteiger partial charge in [-0.05, 0) is 38.0 Å². The van der Waals surface area contributed by atoms with E-state index in [9.17, 15) is 0 Å². The number of pyridine rings is 1. The number of hydrogen-bond donors (Lipinski definition) is 2. The number of rotatable bonds is 3. The van der Waals surface area contributed by atoms with Gasteiger partial charge in [0.1, 0.15) is 11.5 Å². The predicted octanol–water partition coefficient (Wildman–Crippen LogP) is 1.73. The monoisotopic (exact) mass is 243 g/mol. The van der Waals surface area contributed by atoms with Gasteiger partial charge in [0.2, 0.25) is 0 Å². The zero-order valence-corrected chi connectivity index (χ0v) is 10.9. The fraction of sp³-hybridized carbons (Fsp3) is 0.308. The van der Waals surface area contributed by atoms with Crippen molar-refractivity contribution in [3.8, 4) is 5.69 Å². The molecule has 0 radical (unpaired) electrons. The molecule has 0 aliphatic rings. The summed E-state index contributed by atoms with van der Waals surface area (Å²) in [5, 5.41) is 11.8. The lowest BCUT2D eigenvalue weighted by molar-refractivity contribution is 0.827. The Morgan fingerprint density at radius 2 is 2.11 bits per heavy atom. The SMILES string of the molecule is CCc1c(C)nn(-c2ccc(C(=N)N)nc2)c1C. The van der Waals surface area contributed by atoms with Crippen molar-refractivity contribution < 1.29 is 0 Å². The van der Waals surface area contributed by atoms with Crippen molar-refractivity contribution in [1.82, 2.24) is 14.8 Å². The molecule has 0 unspecified atom stereocenters. The smallest absolute Gasteiger partial charge is 0.141 e. The number of hydrogen-bond acceptors (Lipinski definition) is 3. The molecule has 2 heterocycles. The van der Waals surface area contributed by atoms with Crippen LogP contribution in [-0.4, -0.2) is 20.6 Å². The van der Waals surface area contributed by atoms with Gasteiger partial charge < -0.3 is 5.73 Å². The molecule has 0 aromatic carbocycles. The average molecular weight is 243 g/mol. The molecule has 18 heavy (non-hydrogen) atoms. The minimum Gasteiger partial charge on any atom is -0.382 e. The average Bonchev–Trinajstić information content (AvgIpc) is 2.64. The van der Waals surface area contributed by atoms with Crippen LogP contribution in [0.4, 0.5) is 0 Å². The van der Waals surface area contributed by atoms with Crippen LogP contribution in [0.5, 0.6) is 0 Å². The summed E-state index contributed by atoms with van der Waals surface area (Å²) < 4.78 is 1.88. The number of nitrogens with one attached hydrogen (secondary N) is 1. The van der Waals surface area contributed by atoms with Crippen molar-refractivity contribution in [1.29, 1.82) is 5.41 Å². The van der Waals surface area contributed by atoms with E-state index in [2.05, 4.69) is 23.9 Å². The maximum Gasteiger partial charge on any atom is 0.141 e. The molecular weight excluding hydrogens is 226 g/mol. The van der Waals surface area contributed by atoms with Gasteiger partial charge in [0, 0.05) is 5.69 Å². The van der Waals surface area contributed by atoms with Crippen molar-refractivity contribution in [2.45, 2.75) is 27.2 Å². The maximum absolute atomic E-state index is 7.31. The van der Waals surface area contributed by atoms with Crippen LogP contribution < -0.4 is 5.73 Å². The quantitative estimate of drug-likeness (QED) is 0.636. The minimum absolute atomic E-state index is 0.0239. The zero-order chi connectivity index (χ0) is 13.3. The molecule has 0 fully saturated rings. The second-order valence-corrected chi connectivity index (χ2v) is 4.23. The lowest BCUT2D eigenvalue weighted by atomic mass is 10.1. The van der Waals surface area contributed by atoms with Crippen LogP contribution in [-0.2, 0) is 6.42 Å². The molecule has 5 nitrogen and oxygen atoms in total. The summed E-state index contributed by atoms with van der Waals surface area (Å²) in [6.07, 6.45) is 2.66. The first-order valence-corrected chi connectivity index (χ1v) is 5.90. The van der Waals surface area contributed by atoms with Gasteiger partial charge in [-0.1, -0.05) is 6.92 Å². The Labute approximate surface area is 106 Å². The van der Waals surface area contributed by atoms with Gasteiger partial charge >= 0.3 is 0 Å². The third-order valence-electron chi connectivity index (χ3n) is 3.06. The van der Waals surface area contributed by atoms with E-state index in [4.69, 9.17) is 11.1 Å². The standard InChI is InChI=1S/C13H17N5/c1-4-11-8(2)17-18(9(11)3)10-5-6-12(13(14)15)16-7-10/h5-7H,4H2,1-3H3,(H3,14,15). The first kappa shape index (κ1) is 12.3. The van der Waals surface area contributed by atoms with E-state index in [1.54, 1.807) is 12.3 Å². The van der Waals surface area contributed by atoms with Crippen molar-refractivity contribution >= 4 is 5.84 Å². The molecule has 0 aliphatic carbocycles. The highest BCUT2D eigenvalue weighted by atomic mass is 15.3. The van der Waals surface area contributed by atoms with Crippen LogP contribution in [0, 0.1) is 19.3 Å². The summed E-state index contributed by atoms with van der Waals surface area (Å²) in [6, 6.07) is 3.61. The molecule has 0 atom stereocenters. The molecule has 0 spiro atoms. The lowest BCUT2D eigenvalue weighted by Gasteiger charge is -2.05. The van der Waals surface area contributed by atoms with Gasteiger partial charge in [-0.2, -0.15) is 5.10 Å². The van der Waals surface area contributed by atoms with Gasteiger partial charge in [0.05, 0.1) is 17.6 Å². The molecular formula is C13H17N5. The van der Waals surface area contributed by atoms with E-state index in [0.29, 0.717) is 5.69 Å². The molecule has 0 bridgehead atoms. The third-order valence-corrected chi connectivity index (χ3v) is 3.06. The van der Waals surface area contributed by atoms with Crippen LogP contribution >= 0.6 is 0 Å². The van der Waals surface area contributed by atoms with Gasteiger partial charge in [-0.15, -0.1) is 0 Å². The van der Waals surface area contributed by atoms with E-state index in [0.717, 1.165) is 23.5 Å². The Morgan fingerprint density at radius 3 is 2.56 bits per heavy atom. The van der Waals surface area contributed by atoms with E-state index in [1.807, 2.05) is 17.7 Å². The third kappa shape index (κ3) is 1.99. The highest BCUT2D eigenvalue weighted by Crippen LogP contribution is 2.17. The second-order valence-electron chi connectivity index (χ2n) is 4.23. The Balaban J connectivity index is 2.46. The molecule has 2 aromatic heterocycles. The van der Waals surface area contributed by atoms with Crippen LogP contribution in [0.2, 0.25) is 0 Å². The molecule has 0 saturated carbocycles. The van der Waals surface area contributed by atoms with Crippen LogP contribution in [0.25, 0.3) is 5.69 Å². The Bertz CT molecular complexity index is 580. The fourth-order valence-corrected chi connectivity index (χ4v) is 2.11. The molecule has 3 N–H and O–H groups in total. The number of aromatic nitrogens is 3. The molecule has 5 heteroatoms. The fourth-order valence-electron chi connectivity index (χ4n) is 2.11. The van der Waals surface area contributed by atoms with E-state index >= 15 is 0 Å². The Hall–Kier alpha value is -2.17. The molecule has 0 amide bonds. The number of nitrogens with two attached hydrogens (primary N) is 1. The van der Waals surface area contributed by atoms with Crippen molar-refractivity contribution in [2.24, 2.45) is 5.73 Å². The van der Waals surface area contributed by atoms with Gasteiger partial charge in [-0.3, -0.25) is 10.4 Å². The normalized spacial score (nSPS) is 10.6. The lowest BCUT2D eigenvalue weighted by Crippen LogP contribution is -2.13. The second kappa shape index (κ2) is 4.60. The van der Waals surface area contributed by atoms with Crippen LogP contribution in [0.1, 0.15) is 29.6 Å². The summed E-state index contributed by atoms with van der Waals surface area (Å²) in [6.45, 7) is 6.19. The number of nitrogens with zero attached hydrogens (tertiary/aromatic N) is 3. The Kier molecular flexibility index (Phi) is 3.14. The van der Waals surface area contributed by atoms with Crippen LogP contribution in [0.3, 0.4) is 0 Å². The molecule has 0 saturated heterocycles. The number of nitrogen functional groups attached to an aromatic ring is 1. The number of aryl methyl sites for hydroxylation is 1. The topological polar surface area (TPSA) is 80.6 Å². The van der Waals surface area contributed by atoms with Gasteiger partial charge in [-0.25, -0.2) is 4.68 Å². The highest BCUT2D eigenvalue weighted by Gasteiger charge is 2.11. The molecule has 94 valence electrons. The summed E-state index contributed by atoms with van der Waals surface area (Å²) in [7, 11) is 0. The summed E-state index contributed by atoms with van der Waals surface area (Å²) in [5.41, 5.74) is 10.2. The maximum atomic E-state index is 7.31. The number of amidine groups is 1. The summed E-state index contributed by atoms with van der Waals surface area (Å²) >= 11 is 0. The van der Waals surface area contributed by atoms with Gasteiger partial charge in [0.15, 0.2) is 0 Å². The predicted molar refractivity (Wildman–Crippen MR) is 71.2 cm³/mol. The summed E-state index contributed by atoms with van der Waals surface area (Å²) in [4.78, 5) is 4.15. The molecule has 2 aromatic rings. The largest absolute Gasteiger partial charge is 0.382 e. The molecule has 0 aliphatic heterocycles. The van der Waals surface area contributed by atoms with Crippen molar-refractivity contribution in [3.63, 3.8) is 0 Å². The van der Waals surface area contributed by atoms with E-state index < -0.39 is 0 Å². The zero-order valence-electron chi connectivity index (χ0n) is 10.9. The van der Waals surface area contributed by atoms with Crippen molar-refractivity contribution in [2.75, 3.05) is 0 Å². The van der Waals surface area contributed by atoms with E-state index in [-0.39, 0.29) is 5.84 Å². The minimum atomic E-state index is -0.0239. The highest BCUT2D eigenvalue weighted by molar-refractivity contribution is 5.92. The Morgan fingerprint density at radius 1 is 1.39 bits per heavy atom. The van der Waals surface area contributed by atoms with Gasteiger partial charge in [0.25, 0.3) is 0 Å². The first-order chi connectivity index (χ1) is 8.54. The van der Waals surface area contributed by atoms with Crippen molar-refractivity contribution in [3.05, 3.63) is 41.0 Å².